The van der Waals surface area contributed by atoms with Crippen molar-refractivity contribution >= 4 is 0 Å². The van der Waals surface area contributed by atoms with E-state index in [4.69, 9.17) is 10.5 Å². The zero-order chi connectivity index (χ0) is 11.3. The molecule has 0 aromatic rings. The van der Waals surface area contributed by atoms with Crippen molar-refractivity contribution in [3.05, 3.63) is 0 Å². The molecule has 1 rings (SSSR count). The van der Waals surface area contributed by atoms with Gasteiger partial charge in [-0.05, 0) is 32.1 Å². The lowest BCUT2D eigenvalue weighted by atomic mass is 9.79. The molecule has 3 unspecified atom stereocenters. The van der Waals surface area contributed by atoms with Crippen LogP contribution in [0.15, 0.2) is 0 Å². The molecule has 15 heavy (non-hydrogen) atoms. The van der Waals surface area contributed by atoms with E-state index < -0.39 is 0 Å². The van der Waals surface area contributed by atoms with Gasteiger partial charge >= 0.3 is 0 Å². The summed E-state index contributed by atoms with van der Waals surface area (Å²) in [6, 6.07) is 0. The summed E-state index contributed by atoms with van der Waals surface area (Å²) in [6.45, 7) is 5.29. The van der Waals surface area contributed by atoms with E-state index in [0.29, 0.717) is 25.5 Å². The first kappa shape index (κ1) is 12.9. The lowest BCUT2D eigenvalue weighted by molar-refractivity contribution is -0.0810. The van der Waals surface area contributed by atoms with Crippen molar-refractivity contribution in [3.63, 3.8) is 0 Å². The van der Waals surface area contributed by atoms with Crippen molar-refractivity contribution in [2.75, 3.05) is 13.2 Å². The highest BCUT2D eigenvalue weighted by Gasteiger charge is 2.34. The van der Waals surface area contributed by atoms with E-state index in [1.54, 1.807) is 6.92 Å². The summed E-state index contributed by atoms with van der Waals surface area (Å²) >= 11 is 0. The van der Waals surface area contributed by atoms with Gasteiger partial charge in [0.25, 0.3) is 0 Å². The molecule has 0 spiro atoms. The van der Waals surface area contributed by atoms with Gasteiger partial charge in [-0.15, -0.1) is 0 Å². The van der Waals surface area contributed by atoms with Gasteiger partial charge in [0.15, 0.2) is 0 Å². The Morgan fingerprint density at radius 2 is 2.33 bits per heavy atom. The monoisotopic (exact) mass is 215 g/mol. The van der Waals surface area contributed by atoms with Crippen LogP contribution in [0.5, 0.6) is 0 Å². The number of aliphatic hydroxyl groups excluding tert-OH is 1. The molecule has 1 saturated carbocycles. The summed E-state index contributed by atoms with van der Waals surface area (Å²) in [5.41, 5.74) is 5.73. The number of rotatable bonds is 5. The van der Waals surface area contributed by atoms with Gasteiger partial charge in [0.05, 0.1) is 11.7 Å². The molecule has 0 aromatic heterocycles. The number of ether oxygens (including phenoxy) is 1. The second kappa shape index (κ2) is 5.83. The molecule has 0 saturated heterocycles. The maximum absolute atomic E-state index is 9.18. The minimum Gasteiger partial charge on any atom is -0.393 e. The van der Waals surface area contributed by atoms with Crippen LogP contribution in [0, 0.1) is 5.92 Å². The second-order valence-electron chi connectivity index (χ2n) is 5.07. The van der Waals surface area contributed by atoms with Gasteiger partial charge in [-0.1, -0.05) is 19.8 Å². The molecule has 1 aliphatic carbocycles. The Hall–Kier alpha value is -0.120. The Morgan fingerprint density at radius 1 is 1.60 bits per heavy atom. The Bertz CT molecular complexity index is 184. The highest BCUT2D eigenvalue weighted by molar-refractivity contribution is 4.88. The molecular formula is C12H25NO2. The minimum atomic E-state index is -0.277. The lowest BCUT2D eigenvalue weighted by Crippen LogP contribution is -2.45. The van der Waals surface area contributed by atoms with E-state index in [9.17, 15) is 5.11 Å². The third kappa shape index (κ3) is 4.09. The molecule has 0 amide bonds. The van der Waals surface area contributed by atoms with Crippen molar-refractivity contribution in [2.45, 2.75) is 57.7 Å². The van der Waals surface area contributed by atoms with Gasteiger partial charge in [0.1, 0.15) is 0 Å². The number of hydrogen-bond acceptors (Lipinski definition) is 3. The van der Waals surface area contributed by atoms with Gasteiger partial charge in [0.2, 0.25) is 0 Å². The standard InChI is InChI=1S/C12H25NO2/c1-10-4-3-6-12(8-10,9-13)15-7-5-11(2)14/h10-11,14H,3-9,13H2,1-2H3. The average Bonchev–Trinajstić information content (AvgIpc) is 2.17. The molecule has 90 valence electrons. The van der Waals surface area contributed by atoms with Crippen LogP contribution in [0.2, 0.25) is 0 Å². The predicted octanol–water partition coefficient (Wildman–Crippen LogP) is 1.68. The smallest absolute Gasteiger partial charge is 0.0806 e. The van der Waals surface area contributed by atoms with Crippen LogP contribution in [0.25, 0.3) is 0 Å². The van der Waals surface area contributed by atoms with Crippen LogP contribution >= 0.6 is 0 Å². The van der Waals surface area contributed by atoms with E-state index in [1.807, 2.05) is 0 Å². The van der Waals surface area contributed by atoms with Gasteiger partial charge < -0.3 is 15.6 Å². The Labute approximate surface area is 93.0 Å². The second-order valence-corrected chi connectivity index (χ2v) is 5.07. The first-order chi connectivity index (χ1) is 7.08. The number of hydrogen-bond donors (Lipinski definition) is 2. The van der Waals surface area contributed by atoms with Crippen molar-refractivity contribution in [2.24, 2.45) is 11.7 Å². The third-order valence-electron chi connectivity index (χ3n) is 3.37. The fraction of sp³-hybridized carbons (Fsp3) is 1.00. The van der Waals surface area contributed by atoms with E-state index in [1.165, 1.54) is 12.8 Å². The van der Waals surface area contributed by atoms with Gasteiger partial charge in [0, 0.05) is 13.2 Å². The molecular weight excluding hydrogens is 190 g/mol. The van der Waals surface area contributed by atoms with E-state index in [2.05, 4.69) is 6.92 Å². The highest BCUT2D eigenvalue weighted by Crippen LogP contribution is 2.34. The molecule has 0 aliphatic heterocycles. The molecule has 0 bridgehead atoms. The van der Waals surface area contributed by atoms with Crippen LogP contribution in [-0.2, 0) is 4.74 Å². The van der Waals surface area contributed by atoms with E-state index in [0.717, 1.165) is 12.8 Å². The largest absolute Gasteiger partial charge is 0.393 e. The first-order valence-corrected chi connectivity index (χ1v) is 6.10. The van der Waals surface area contributed by atoms with Gasteiger partial charge in [-0.3, -0.25) is 0 Å². The van der Waals surface area contributed by atoms with Crippen molar-refractivity contribution < 1.29 is 9.84 Å². The SMILES string of the molecule is CC(O)CCOC1(CN)CCCC(C)C1. The number of nitrogens with two attached hydrogens (primary N) is 1. The Morgan fingerprint density at radius 3 is 2.87 bits per heavy atom. The molecule has 0 heterocycles. The minimum absolute atomic E-state index is 0.105. The highest BCUT2D eigenvalue weighted by atomic mass is 16.5. The quantitative estimate of drug-likeness (QED) is 0.733. The molecule has 3 nitrogen and oxygen atoms in total. The lowest BCUT2D eigenvalue weighted by Gasteiger charge is -2.39. The van der Waals surface area contributed by atoms with Gasteiger partial charge in [-0.25, -0.2) is 0 Å². The molecule has 0 aromatic carbocycles. The van der Waals surface area contributed by atoms with Crippen LogP contribution < -0.4 is 5.73 Å². The molecule has 0 radical (unpaired) electrons. The molecule has 3 N–H and O–H groups in total. The molecule has 1 aliphatic rings. The Balaban J connectivity index is 2.38. The van der Waals surface area contributed by atoms with Crippen LogP contribution in [0.3, 0.4) is 0 Å². The zero-order valence-electron chi connectivity index (χ0n) is 10.0. The number of aliphatic hydroxyl groups is 1. The predicted molar refractivity (Wildman–Crippen MR) is 61.7 cm³/mol. The zero-order valence-corrected chi connectivity index (χ0v) is 10.0. The van der Waals surface area contributed by atoms with Crippen LogP contribution in [0.4, 0.5) is 0 Å². The van der Waals surface area contributed by atoms with Crippen molar-refractivity contribution in [1.82, 2.24) is 0 Å². The fourth-order valence-electron chi connectivity index (χ4n) is 2.43. The summed E-state index contributed by atoms with van der Waals surface area (Å²) in [4.78, 5) is 0. The van der Waals surface area contributed by atoms with Crippen LogP contribution in [-0.4, -0.2) is 30.0 Å². The van der Waals surface area contributed by atoms with Crippen molar-refractivity contribution in [1.29, 1.82) is 0 Å². The maximum Gasteiger partial charge on any atom is 0.0806 e. The summed E-state index contributed by atoms with van der Waals surface area (Å²) in [6.07, 6.45) is 5.09. The van der Waals surface area contributed by atoms with Gasteiger partial charge in [-0.2, -0.15) is 0 Å². The summed E-state index contributed by atoms with van der Waals surface area (Å²) in [5.74, 6) is 0.717. The maximum atomic E-state index is 9.18. The Kier molecular flexibility index (Phi) is 5.03. The van der Waals surface area contributed by atoms with E-state index >= 15 is 0 Å². The molecule has 1 fully saturated rings. The normalized spacial score (nSPS) is 34.0. The average molecular weight is 215 g/mol. The van der Waals surface area contributed by atoms with Crippen LogP contribution in [0.1, 0.15) is 46.0 Å². The summed E-state index contributed by atoms with van der Waals surface area (Å²) < 4.78 is 5.92. The van der Waals surface area contributed by atoms with Crippen molar-refractivity contribution in [3.8, 4) is 0 Å². The summed E-state index contributed by atoms with van der Waals surface area (Å²) in [7, 11) is 0. The third-order valence-corrected chi connectivity index (χ3v) is 3.37. The first-order valence-electron chi connectivity index (χ1n) is 6.10. The topological polar surface area (TPSA) is 55.5 Å². The summed E-state index contributed by atoms with van der Waals surface area (Å²) in [5, 5.41) is 9.18. The fourth-order valence-corrected chi connectivity index (χ4v) is 2.43. The molecule has 3 atom stereocenters. The van der Waals surface area contributed by atoms with E-state index in [-0.39, 0.29) is 11.7 Å². The molecule has 3 heteroatoms.